The Hall–Kier alpha value is -1.05. The summed E-state index contributed by atoms with van der Waals surface area (Å²) < 4.78 is 13.6. The van der Waals surface area contributed by atoms with Gasteiger partial charge in [0.25, 0.3) is 0 Å². The molecule has 0 aromatic heterocycles. The first-order valence-electron chi connectivity index (χ1n) is 4.65. The number of hydrogen-bond acceptors (Lipinski definition) is 1. The van der Waals surface area contributed by atoms with Gasteiger partial charge >= 0.3 is 0 Å². The lowest BCUT2D eigenvalue weighted by Gasteiger charge is -2.33. The van der Waals surface area contributed by atoms with E-state index in [1.165, 1.54) is 0 Å². The number of aromatic hydroxyl groups is 1. The predicted molar refractivity (Wildman–Crippen MR) is 49.5 cm³/mol. The second-order valence-electron chi connectivity index (χ2n) is 3.85. The molecule has 0 unspecified atom stereocenters. The first kappa shape index (κ1) is 8.54. The molecule has 1 aliphatic carbocycles. The van der Waals surface area contributed by atoms with Crippen molar-refractivity contribution in [2.75, 3.05) is 0 Å². The van der Waals surface area contributed by atoms with Gasteiger partial charge in [-0.15, -0.1) is 0 Å². The van der Waals surface area contributed by atoms with Crippen molar-refractivity contribution in [2.45, 2.75) is 31.4 Å². The van der Waals surface area contributed by atoms with E-state index in [1.807, 2.05) is 0 Å². The van der Waals surface area contributed by atoms with Gasteiger partial charge in [-0.1, -0.05) is 12.1 Å². The third-order valence-electron chi connectivity index (χ3n) is 2.71. The topological polar surface area (TPSA) is 20.2 Å². The van der Waals surface area contributed by atoms with E-state index in [0.29, 0.717) is 19.3 Å². The van der Waals surface area contributed by atoms with E-state index in [1.54, 1.807) is 24.3 Å². The fraction of sp³-hybridized carbons (Fsp3) is 0.455. The van der Waals surface area contributed by atoms with Gasteiger partial charge in [0.2, 0.25) is 0 Å². The van der Waals surface area contributed by atoms with E-state index in [9.17, 15) is 4.39 Å². The summed E-state index contributed by atoms with van der Waals surface area (Å²) in [7, 11) is 0. The largest absolute Gasteiger partial charge is 0.508 e. The number of phenolic OH excluding ortho intramolecular Hbond substituents is 1. The molecule has 1 fully saturated rings. The molecular formula is C11H13FO. The Morgan fingerprint density at radius 1 is 1.23 bits per heavy atom. The molecule has 0 saturated heterocycles. The van der Waals surface area contributed by atoms with E-state index in [2.05, 4.69) is 0 Å². The van der Waals surface area contributed by atoms with Crippen molar-refractivity contribution in [3.8, 4) is 5.75 Å². The number of alkyl halides is 1. The van der Waals surface area contributed by atoms with Crippen LogP contribution in [-0.4, -0.2) is 10.8 Å². The summed E-state index contributed by atoms with van der Waals surface area (Å²) in [5.41, 5.74) is 0.0109. The first-order chi connectivity index (χ1) is 6.18. The molecular weight excluding hydrogens is 167 g/mol. The number of halogens is 1. The number of phenols is 1. The van der Waals surface area contributed by atoms with Crippen LogP contribution in [0.5, 0.6) is 5.75 Å². The van der Waals surface area contributed by atoms with Crippen molar-refractivity contribution in [1.29, 1.82) is 0 Å². The zero-order valence-electron chi connectivity index (χ0n) is 7.46. The maximum absolute atomic E-state index is 13.6. The highest BCUT2D eigenvalue weighted by Gasteiger charge is 2.36. The highest BCUT2D eigenvalue weighted by molar-refractivity contribution is 5.27. The minimum atomic E-state index is -0.961. The fourth-order valence-electron chi connectivity index (χ4n) is 1.72. The second kappa shape index (κ2) is 3.02. The van der Waals surface area contributed by atoms with Crippen LogP contribution < -0.4 is 0 Å². The standard InChI is InChI=1S/C11H13FO/c12-11(6-1-7-11)8-9-2-4-10(13)5-3-9/h2-5,13H,1,6-8H2. The van der Waals surface area contributed by atoms with Crippen LogP contribution in [0.4, 0.5) is 4.39 Å². The van der Waals surface area contributed by atoms with E-state index in [-0.39, 0.29) is 5.75 Å². The summed E-state index contributed by atoms with van der Waals surface area (Å²) in [6.45, 7) is 0. The number of rotatable bonds is 2. The molecule has 1 aromatic rings. The normalized spacial score (nSPS) is 19.5. The van der Waals surface area contributed by atoms with Crippen LogP contribution in [0.25, 0.3) is 0 Å². The van der Waals surface area contributed by atoms with Gasteiger partial charge in [-0.25, -0.2) is 4.39 Å². The molecule has 0 aliphatic heterocycles. The van der Waals surface area contributed by atoms with Gasteiger partial charge in [0.1, 0.15) is 11.4 Å². The van der Waals surface area contributed by atoms with E-state index in [4.69, 9.17) is 5.11 Å². The van der Waals surface area contributed by atoms with Crippen LogP contribution in [0.15, 0.2) is 24.3 Å². The quantitative estimate of drug-likeness (QED) is 0.742. The Balaban J connectivity index is 2.05. The van der Waals surface area contributed by atoms with Gasteiger partial charge in [0.15, 0.2) is 0 Å². The molecule has 0 heterocycles. The molecule has 13 heavy (non-hydrogen) atoms. The van der Waals surface area contributed by atoms with Gasteiger partial charge in [-0.3, -0.25) is 0 Å². The summed E-state index contributed by atoms with van der Waals surface area (Å²) in [4.78, 5) is 0. The van der Waals surface area contributed by atoms with Gasteiger partial charge in [0.05, 0.1) is 0 Å². The summed E-state index contributed by atoms with van der Waals surface area (Å²) >= 11 is 0. The molecule has 0 spiro atoms. The summed E-state index contributed by atoms with van der Waals surface area (Å²) in [6.07, 6.45) is 2.88. The SMILES string of the molecule is Oc1ccc(CC2(F)CCC2)cc1. The zero-order valence-corrected chi connectivity index (χ0v) is 7.46. The van der Waals surface area contributed by atoms with Gasteiger partial charge in [-0.05, 0) is 37.0 Å². The molecule has 0 radical (unpaired) electrons. The van der Waals surface area contributed by atoms with E-state index >= 15 is 0 Å². The summed E-state index contributed by atoms with van der Waals surface area (Å²) in [6, 6.07) is 6.79. The summed E-state index contributed by atoms with van der Waals surface area (Å²) in [5.74, 6) is 0.241. The highest BCUT2D eigenvalue weighted by atomic mass is 19.1. The minimum Gasteiger partial charge on any atom is -0.508 e. The number of hydrogen-bond donors (Lipinski definition) is 1. The van der Waals surface area contributed by atoms with E-state index < -0.39 is 5.67 Å². The molecule has 1 aromatic carbocycles. The second-order valence-corrected chi connectivity index (χ2v) is 3.85. The molecule has 0 atom stereocenters. The minimum absolute atomic E-state index is 0.241. The average Bonchev–Trinajstić information content (AvgIpc) is 2.06. The van der Waals surface area contributed by atoms with Crippen LogP contribution in [-0.2, 0) is 6.42 Å². The van der Waals surface area contributed by atoms with Crippen LogP contribution in [0.1, 0.15) is 24.8 Å². The summed E-state index contributed by atoms with van der Waals surface area (Å²) in [5, 5.41) is 9.03. The Morgan fingerprint density at radius 2 is 1.85 bits per heavy atom. The lowest BCUT2D eigenvalue weighted by atomic mass is 9.78. The molecule has 0 bridgehead atoms. The first-order valence-corrected chi connectivity index (χ1v) is 4.65. The highest BCUT2D eigenvalue weighted by Crippen LogP contribution is 2.38. The lowest BCUT2D eigenvalue weighted by molar-refractivity contribution is 0.0641. The molecule has 1 aliphatic rings. The molecule has 1 nitrogen and oxygen atoms in total. The maximum Gasteiger partial charge on any atom is 0.115 e. The smallest absolute Gasteiger partial charge is 0.115 e. The Bertz CT molecular complexity index is 287. The van der Waals surface area contributed by atoms with Gasteiger partial charge in [-0.2, -0.15) is 0 Å². The third kappa shape index (κ3) is 1.82. The zero-order chi connectivity index (χ0) is 9.31. The van der Waals surface area contributed by atoms with Crippen LogP contribution in [0, 0.1) is 0 Å². The Kier molecular flexibility index (Phi) is 1.98. The monoisotopic (exact) mass is 180 g/mol. The van der Waals surface area contributed by atoms with Crippen LogP contribution in [0.3, 0.4) is 0 Å². The fourth-order valence-corrected chi connectivity index (χ4v) is 1.72. The molecule has 2 rings (SSSR count). The third-order valence-corrected chi connectivity index (χ3v) is 2.71. The van der Waals surface area contributed by atoms with Crippen molar-refractivity contribution in [3.05, 3.63) is 29.8 Å². The van der Waals surface area contributed by atoms with Crippen LogP contribution in [0.2, 0.25) is 0 Å². The van der Waals surface area contributed by atoms with Crippen molar-refractivity contribution in [1.82, 2.24) is 0 Å². The van der Waals surface area contributed by atoms with Crippen molar-refractivity contribution >= 4 is 0 Å². The predicted octanol–water partition coefficient (Wildman–Crippen LogP) is 2.83. The van der Waals surface area contributed by atoms with Gasteiger partial charge < -0.3 is 5.11 Å². The molecule has 0 amide bonds. The molecule has 70 valence electrons. The molecule has 2 heteroatoms. The van der Waals surface area contributed by atoms with Crippen molar-refractivity contribution in [2.24, 2.45) is 0 Å². The maximum atomic E-state index is 13.6. The van der Waals surface area contributed by atoms with Gasteiger partial charge in [0, 0.05) is 6.42 Å². The van der Waals surface area contributed by atoms with Crippen molar-refractivity contribution in [3.63, 3.8) is 0 Å². The Morgan fingerprint density at radius 3 is 2.31 bits per heavy atom. The average molecular weight is 180 g/mol. The molecule has 1 saturated carbocycles. The lowest BCUT2D eigenvalue weighted by Crippen LogP contribution is -2.33. The number of benzene rings is 1. The van der Waals surface area contributed by atoms with Crippen molar-refractivity contribution < 1.29 is 9.50 Å². The van der Waals surface area contributed by atoms with Crippen LogP contribution >= 0.6 is 0 Å². The Labute approximate surface area is 77.2 Å². The van der Waals surface area contributed by atoms with E-state index in [0.717, 1.165) is 12.0 Å². The molecule has 1 N–H and O–H groups in total.